The third kappa shape index (κ3) is 5.14. The molecule has 0 heterocycles. The summed E-state index contributed by atoms with van der Waals surface area (Å²) in [4.78, 5) is 11.2. The Labute approximate surface area is 91.5 Å². The molecule has 0 aromatic heterocycles. The Balaban J connectivity index is 2.10. The van der Waals surface area contributed by atoms with Crippen molar-refractivity contribution in [1.29, 1.82) is 0 Å². The molecule has 2 unspecified atom stereocenters. The first-order chi connectivity index (χ1) is 7.22. The number of carbonyl (C=O) groups is 1. The lowest BCUT2D eigenvalue weighted by atomic mass is 9.89. The van der Waals surface area contributed by atoms with E-state index in [1.54, 1.807) is 0 Å². The molecule has 0 saturated heterocycles. The second-order valence-electron chi connectivity index (χ2n) is 4.34. The summed E-state index contributed by atoms with van der Waals surface area (Å²) in [7, 11) is 0. The van der Waals surface area contributed by atoms with Crippen LogP contribution in [0.3, 0.4) is 0 Å². The number of hydrogen-bond acceptors (Lipinski definition) is 3. The summed E-state index contributed by atoms with van der Waals surface area (Å²) < 4.78 is 5.56. The normalized spacial score (nSPS) is 26.3. The van der Waals surface area contributed by atoms with Gasteiger partial charge in [-0.2, -0.15) is 0 Å². The predicted octanol–water partition coefficient (Wildman–Crippen LogP) is 0.657. The maximum Gasteiger partial charge on any atom is 0.246 e. The summed E-state index contributed by atoms with van der Waals surface area (Å²) in [5.41, 5.74) is 5.28. The van der Waals surface area contributed by atoms with Crippen LogP contribution in [-0.4, -0.2) is 31.7 Å². The fraction of sp³-hybridized carbons (Fsp3) is 0.909. The number of ether oxygens (including phenoxy) is 1. The van der Waals surface area contributed by atoms with Gasteiger partial charge in [0.2, 0.25) is 5.91 Å². The van der Waals surface area contributed by atoms with E-state index in [0.717, 1.165) is 18.8 Å². The SMILES string of the molecule is CC1CCCC(OCC(=O)NCCN)C1. The van der Waals surface area contributed by atoms with Crippen LogP contribution in [0.5, 0.6) is 0 Å². The van der Waals surface area contributed by atoms with Gasteiger partial charge in [-0.15, -0.1) is 0 Å². The third-order valence-corrected chi connectivity index (χ3v) is 2.80. The number of amides is 1. The maximum absolute atomic E-state index is 11.2. The van der Waals surface area contributed by atoms with Gasteiger partial charge in [0.05, 0.1) is 6.10 Å². The minimum absolute atomic E-state index is 0.0568. The lowest BCUT2D eigenvalue weighted by molar-refractivity contribution is -0.128. The molecule has 2 atom stereocenters. The zero-order valence-electron chi connectivity index (χ0n) is 9.50. The van der Waals surface area contributed by atoms with Gasteiger partial charge in [-0.3, -0.25) is 4.79 Å². The van der Waals surface area contributed by atoms with Gasteiger partial charge in [-0.05, 0) is 18.8 Å². The summed E-state index contributed by atoms with van der Waals surface area (Å²) in [6.07, 6.45) is 4.96. The van der Waals surface area contributed by atoms with E-state index in [4.69, 9.17) is 10.5 Å². The summed E-state index contributed by atoms with van der Waals surface area (Å²) in [5.74, 6) is 0.675. The van der Waals surface area contributed by atoms with Crippen LogP contribution in [0.15, 0.2) is 0 Å². The van der Waals surface area contributed by atoms with Crippen LogP contribution in [-0.2, 0) is 9.53 Å². The van der Waals surface area contributed by atoms with Crippen molar-refractivity contribution in [2.75, 3.05) is 19.7 Å². The molecule has 4 heteroatoms. The fourth-order valence-electron chi connectivity index (χ4n) is 1.99. The average Bonchev–Trinajstić information content (AvgIpc) is 2.23. The van der Waals surface area contributed by atoms with E-state index in [1.807, 2.05) is 0 Å². The predicted molar refractivity (Wildman–Crippen MR) is 59.4 cm³/mol. The van der Waals surface area contributed by atoms with Crippen LogP contribution in [0, 0.1) is 5.92 Å². The quantitative estimate of drug-likeness (QED) is 0.706. The zero-order valence-corrected chi connectivity index (χ0v) is 9.50. The Hall–Kier alpha value is -0.610. The molecule has 1 aliphatic carbocycles. The number of rotatable bonds is 5. The Bertz CT molecular complexity index is 197. The van der Waals surface area contributed by atoms with E-state index >= 15 is 0 Å². The van der Waals surface area contributed by atoms with Crippen molar-refractivity contribution in [3.63, 3.8) is 0 Å². The molecular formula is C11H22N2O2. The molecule has 1 amide bonds. The lowest BCUT2D eigenvalue weighted by Crippen LogP contribution is -2.34. The van der Waals surface area contributed by atoms with Crippen LogP contribution >= 0.6 is 0 Å². The Morgan fingerprint density at radius 1 is 1.53 bits per heavy atom. The molecule has 0 aromatic rings. The van der Waals surface area contributed by atoms with Crippen molar-refractivity contribution in [3.05, 3.63) is 0 Å². The molecule has 0 aromatic carbocycles. The van der Waals surface area contributed by atoms with Crippen LogP contribution < -0.4 is 11.1 Å². The third-order valence-electron chi connectivity index (χ3n) is 2.80. The topological polar surface area (TPSA) is 64.3 Å². The standard InChI is InChI=1S/C11H22N2O2/c1-9-3-2-4-10(7-9)15-8-11(14)13-6-5-12/h9-10H,2-8,12H2,1H3,(H,13,14). The maximum atomic E-state index is 11.2. The van der Waals surface area contributed by atoms with Crippen molar-refractivity contribution in [2.45, 2.75) is 38.7 Å². The first-order valence-electron chi connectivity index (χ1n) is 5.80. The van der Waals surface area contributed by atoms with Gasteiger partial charge in [0.1, 0.15) is 6.61 Å². The lowest BCUT2D eigenvalue weighted by Gasteiger charge is -2.26. The highest BCUT2D eigenvalue weighted by molar-refractivity contribution is 5.77. The smallest absolute Gasteiger partial charge is 0.246 e. The minimum atomic E-state index is -0.0568. The first-order valence-corrected chi connectivity index (χ1v) is 5.80. The second kappa shape index (κ2) is 6.80. The monoisotopic (exact) mass is 214 g/mol. The fourth-order valence-corrected chi connectivity index (χ4v) is 1.99. The minimum Gasteiger partial charge on any atom is -0.368 e. The molecule has 1 aliphatic rings. The second-order valence-corrected chi connectivity index (χ2v) is 4.34. The van der Waals surface area contributed by atoms with Crippen molar-refractivity contribution >= 4 is 5.91 Å². The van der Waals surface area contributed by atoms with Crippen LogP contribution in [0.2, 0.25) is 0 Å². The summed E-state index contributed by atoms with van der Waals surface area (Å²) in [5, 5.41) is 2.69. The highest BCUT2D eigenvalue weighted by atomic mass is 16.5. The van der Waals surface area contributed by atoms with Gasteiger partial charge in [0.15, 0.2) is 0 Å². The van der Waals surface area contributed by atoms with Crippen molar-refractivity contribution < 1.29 is 9.53 Å². The molecule has 1 fully saturated rings. The molecule has 15 heavy (non-hydrogen) atoms. The van der Waals surface area contributed by atoms with Gasteiger partial charge < -0.3 is 15.8 Å². The van der Waals surface area contributed by atoms with Gasteiger partial charge in [0, 0.05) is 13.1 Å². The van der Waals surface area contributed by atoms with Crippen LogP contribution in [0.25, 0.3) is 0 Å². The highest BCUT2D eigenvalue weighted by Gasteiger charge is 2.19. The molecule has 3 N–H and O–H groups in total. The Kier molecular flexibility index (Phi) is 5.65. The van der Waals surface area contributed by atoms with E-state index in [2.05, 4.69) is 12.2 Å². The van der Waals surface area contributed by atoms with Gasteiger partial charge >= 0.3 is 0 Å². The molecule has 1 rings (SSSR count). The average molecular weight is 214 g/mol. The molecular weight excluding hydrogens is 192 g/mol. The first kappa shape index (κ1) is 12.5. The number of hydrogen-bond donors (Lipinski definition) is 2. The molecule has 0 aliphatic heterocycles. The van der Waals surface area contributed by atoms with Crippen LogP contribution in [0.4, 0.5) is 0 Å². The largest absolute Gasteiger partial charge is 0.368 e. The summed E-state index contributed by atoms with van der Waals surface area (Å²) in [6, 6.07) is 0. The van der Waals surface area contributed by atoms with E-state index < -0.39 is 0 Å². The van der Waals surface area contributed by atoms with E-state index in [1.165, 1.54) is 12.8 Å². The van der Waals surface area contributed by atoms with Crippen molar-refractivity contribution in [3.8, 4) is 0 Å². The molecule has 88 valence electrons. The zero-order chi connectivity index (χ0) is 11.1. The van der Waals surface area contributed by atoms with Crippen molar-refractivity contribution in [1.82, 2.24) is 5.32 Å². The van der Waals surface area contributed by atoms with E-state index in [0.29, 0.717) is 13.1 Å². The Morgan fingerprint density at radius 2 is 2.33 bits per heavy atom. The summed E-state index contributed by atoms with van der Waals surface area (Å²) in [6.45, 7) is 3.43. The van der Waals surface area contributed by atoms with Gasteiger partial charge in [0.25, 0.3) is 0 Å². The molecule has 0 spiro atoms. The molecule has 0 radical (unpaired) electrons. The molecule has 1 saturated carbocycles. The number of nitrogens with one attached hydrogen (secondary N) is 1. The van der Waals surface area contributed by atoms with Gasteiger partial charge in [-0.25, -0.2) is 0 Å². The summed E-state index contributed by atoms with van der Waals surface area (Å²) >= 11 is 0. The molecule has 4 nitrogen and oxygen atoms in total. The number of carbonyl (C=O) groups excluding carboxylic acids is 1. The van der Waals surface area contributed by atoms with Gasteiger partial charge in [-0.1, -0.05) is 19.8 Å². The highest BCUT2D eigenvalue weighted by Crippen LogP contribution is 2.25. The number of nitrogens with two attached hydrogens (primary N) is 1. The van der Waals surface area contributed by atoms with Crippen molar-refractivity contribution in [2.24, 2.45) is 11.7 Å². The van der Waals surface area contributed by atoms with Crippen LogP contribution in [0.1, 0.15) is 32.6 Å². The Morgan fingerprint density at radius 3 is 3.00 bits per heavy atom. The van der Waals surface area contributed by atoms with E-state index in [-0.39, 0.29) is 18.6 Å². The molecule has 0 bridgehead atoms. The van der Waals surface area contributed by atoms with E-state index in [9.17, 15) is 4.79 Å².